The van der Waals surface area contributed by atoms with Gasteiger partial charge in [-0.1, -0.05) is 32.0 Å². The smallest absolute Gasteiger partial charge is 0.414 e. The van der Waals surface area contributed by atoms with Crippen LogP contribution in [0.1, 0.15) is 19.4 Å². The number of halogens is 2. The summed E-state index contributed by atoms with van der Waals surface area (Å²) in [6.45, 7) is 5.11. The van der Waals surface area contributed by atoms with E-state index >= 15 is 0 Å². The lowest BCUT2D eigenvalue weighted by atomic mass is 9.84. The highest BCUT2D eigenvalue weighted by atomic mass is 19.1. The molecule has 1 amide bonds. The van der Waals surface area contributed by atoms with Gasteiger partial charge in [0, 0.05) is 36.0 Å². The second-order valence-electron chi connectivity index (χ2n) is 7.58. The van der Waals surface area contributed by atoms with Crippen LogP contribution in [0.4, 0.5) is 19.4 Å². The molecule has 2 aromatic rings. The number of aromatic nitrogens is 1. The maximum Gasteiger partial charge on any atom is 0.414 e. The van der Waals surface area contributed by atoms with Crippen LogP contribution < -0.4 is 10.6 Å². The lowest BCUT2D eigenvalue weighted by molar-refractivity contribution is 0.166. The van der Waals surface area contributed by atoms with E-state index in [0.717, 1.165) is 0 Å². The highest BCUT2D eigenvalue weighted by Gasteiger charge is 2.36. The van der Waals surface area contributed by atoms with Crippen LogP contribution in [0.2, 0.25) is 0 Å². The van der Waals surface area contributed by atoms with E-state index in [-0.39, 0.29) is 27.9 Å². The predicted octanol–water partition coefficient (Wildman–Crippen LogP) is 3.25. The molecule has 2 heterocycles. The maximum absolute atomic E-state index is 14.9. The molecule has 1 aromatic carbocycles. The van der Waals surface area contributed by atoms with Crippen molar-refractivity contribution in [2.45, 2.75) is 20.4 Å². The van der Waals surface area contributed by atoms with Crippen LogP contribution in [-0.2, 0) is 6.54 Å². The molecule has 1 aliphatic rings. The fourth-order valence-electron chi connectivity index (χ4n) is 3.30. The van der Waals surface area contributed by atoms with Crippen molar-refractivity contribution in [2.75, 3.05) is 18.0 Å². The third kappa shape index (κ3) is 3.73. The zero-order valence-electron chi connectivity index (χ0n) is 15.5. The van der Waals surface area contributed by atoms with Crippen LogP contribution >= 0.6 is 0 Å². The van der Waals surface area contributed by atoms with Gasteiger partial charge in [-0.15, -0.1) is 0 Å². The van der Waals surface area contributed by atoms with E-state index in [1.807, 2.05) is 4.90 Å². The first-order valence-electron chi connectivity index (χ1n) is 8.62. The molecular weight excluding hydrogens is 368 g/mol. The number of hydrogen-bond donors (Lipinski definition) is 3. The Balaban J connectivity index is 1.89. The Hall–Kier alpha value is -3.23. The molecular formula is C19H21F2N5O2. The van der Waals surface area contributed by atoms with E-state index in [0.29, 0.717) is 18.0 Å². The SMILES string of the molecule is CC1(C)CN(c2ncc(-c3cccc(CN(C(=N)N)C(=O)O)c3F)cc2F)C1. The number of nitrogens with zero attached hydrogens (tertiary/aromatic N) is 3. The van der Waals surface area contributed by atoms with E-state index in [1.54, 1.807) is 0 Å². The molecule has 28 heavy (non-hydrogen) atoms. The van der Waals surface area contributed by atoms with E-state index in [4.69, 9.17) is 16.2 Å². The zero-order valence-corrected chi connectivity index (χ0v) is 15.5. The van der Waals surface area contributed by atoms with Gasteiger partial charge in [0.05, 0.1) is 6.54 Å². The zero-order chi connectivity index (χ0) is 20.6. The van der Waals surface area contributed by atoms with Crippen molar-refractivity contribution in [3.05, 3.63) is 47.7 Å². The number of carboxylic acid groups (broad SMARTS) is 1. The number of guanidine groups is 1. The highest BCUT2D eigenvalue weighted by molar-refractivity contribution is 5.90. The average molecular weight is 389 g/mol. The molecule has 148 valence electrons. The summed E-state index contributed by atoms with van der Waals surface area (Å²) in [6.07, 6.45) is -0.0712. The Morgan fingerprint density at radius 1 is 1.39 bits per heavy atom. The van der Waals surface area contributed by atoms with Gasteiger partial charge in [-0.3, -0.25) is 5.41 Å². The molecule has 4 N–H and O–H groups in total. The van der Waals surface area contributed by atoms with E-state index in [1.165, 1.54) is 30.5 Å². The second-order valence-corrected chi connectivity index (χ2v) is 7.58. The normalized spacial score (nSPS) is 15.1. The van der Waals surface area contributed by atoms with Gasteiger partial charge >= 0.3 is 6.09 Å². The molecule has 7 nitrogen and oxygen atoms in total. The lowest BCUT2D eigenvalue weighted by Gasteiger charge is -2.46. The van der Waals surface area contributed by atoms with Crippen LogP contribution in [0.25, 0.3) is 11.1 Å². The second kappa shape index (κ2) is 7.06. The van der Waals surface area contributed by atoms with Gasteiger partial charge < -0.3 is 15.7 Å². The van der Waals surface area contributed by atoms with E-state index in [9.17, 15) is 13.6 Å². The molecule has 1 aromatic heterocycles. The number of nitrogens with two attached hydrogens (primary N) is 1. The molecule has 1 fully saturated rings. The number of carbonyl (C=O) groups is 1. The van der Waals surface area contributed by atoms with Crippen LogP contribution in [0, 0.1) is 22.5 Å². The molecule has 0 atom stereocenters. The molecule has 0 saturated carbocycles. The standard InChI is InChI=1S/C19H21F2N5O2/c1-19(2)9-25(10-19)16-14(20)6-12(7-24-16)13-5-3-4-11(15(13)21)8-26(17(22)23)18(27)28/h3-7H,8-10H2,1-2H3,(H3,22,23)(H,27,28). The lowest BCUT2D eigenvalue weighted by Crippen LogP contribution is -2.53. The molecule has 0 spiro atoms. The van der Waals surface area contributed by atoms with Gasteiger partial charge in [0.15, 0.2) is 17.6 Å². The van der Waals surface area contributed by atoms with Gasteiger partial charge in [-0.2, -0.15) is 0 Å². The van der Waals surface area contributed by atoms with Crippen molar-refractivity contribution < 1.29 is 18.7 Å². The van der Waals surface area contributed by atoms with Crippen LogP contribution in [0.15, 0.2) is 30.5 Å². The minimum atomic E-state index is -1.47. The monoisotopic (exact) mass is 389 g/mol. The van der Waals surface area contributed by atoms with Gasteiger partial charge in [0.2, 0.25) is 0 Å². The Morgan fingerprint density at radius 3 is 2.61 bits per heavy atom. The summed E-state index contributed by atoms with van der Waals surface area (Å²) in [4.78, 5) is 17.6. The Kier molecular flexibility index (Phi) is 4.93. The van der Waals surface area contributed by atoms with E-state index in [2.05, 4.69) is 18.8 Å². The largest absolute Gasteiger partial charge is 0.465 e. The third-order valence-electron chi connectivity index (χ3n) is 4.60. The Morgan fingerprint density at radius 2 is 2.07 bits per heavy atom. The minimum absolute atomic E-state index is 0.0177. The third-order valence-corrected chi connectivity index (χ3v) is 4.60. The summed E-state index contributed by atoms with van der Waals surface area (Å²) < 4.78 is 29.5. The van der Waals surface area contributed by atoms with Crippen molar-refractivity contribution in [1.82, 2.24) is 9.88 Å². The minimum Gasteiger partial charge on any atom is -0.465 e. The Bertz CT molecular complexity index is 926. The summed E-state index contributed by atoms with van der Waals surface area (Å²) in [5.41, 5.74) is 5.69. The first-order chi connectivity index (χ1) is 13.1. The Labute approximate surface area is 160 Å². The molecule has 0 aliphatic carbocycles. The number of nitrogens with one attached hydrogen (secondary N) is 1. The average Bonchev–Trinajstić information content (AvgIpc) is 2.58. The first-order valence-corrected chi connectivity index (χ1v) is 8.62. The van der Waals surface area contributed by atoms with Crippen molar-refractivity contribution in [2.24, 2.45) is 11.1 Å². The first kappa shape index (κ1) is 19.5. The summed E-state index contributed by atoms with van der Waals surface area (Å²) in [6, 6.07) is 5.59. The number of pyridine rings is 1. The van der Waals surface area contributed by atoms with Crippen molar-refractivity contribution >= 4 is 17.9 Å². The number of hydrogen-bond acceptors (Lipinski definition) is 4. The summed E-state index contributed by atoms with van der Waals surface area (Å²) >= 11 is 0. The predicted molar refractivity (Wildman–Crippen MR) is 101 cm³/mol. The molecule has 3 rings (SSSR count). The molecule has 0 unspecified atom stereocenters. The topological polar surface area (TPSA) is 107 Å². The number of benzene rings is 1. The fraction of sp³-hybridized carbons (Fsp3) is 0.316. The summed E-state index contributed by atoms with van der Waals surface area (Å²) in [5.74, 6) is -1.75. The number of amides is 1. The molecule has 1 saturated heterocycles. The summed E-state index contributed by atoms with van der Waals surface area (Å²) in [7, 11) is 0. The van der Waals surface area contributed by atoms with Crippen molar-refractivity contribution in [1.29, 1.82) is 5.41 Å². The van der Waals surface area contributed by atoms with Gasteiger partial charge in [-0.25, -0.2) is 23.5 Å². The highest BCUT2D eigenvalue weighted by Crippen LogP contribution is 2.35. The van der Waals surface area contributed by atoms with Gasteiger partial charge in [0.1, 0.15) is 5.82 Å². The molecule has 0 bridgehead atoms. The number of rotatable bonds is 4. The number of anilines is 1. The van der Waals surface area contributed by atoms with Crippen LogP contribution in [0.3, 0.4) is 0 Å². The molecule has 1 aliphatic heterocycles. The van der Waals surface area contributed by atoms with Gasteiger partial charge in [0.25, 0.3) is 0 Å². The van der Waals surface area contributed by atoms with E-state index < -0.39 is 30.2 Å². The fourth-order valence-corrected chi connectivity index (χ4v) is 3.30. The van der Waals surface area contributed by atoms with Gasteiger partial charge in [-0.05, 0) is 11.5 Å². The molecule has 0 radical (unpaired) electrons. The molecule has 9 heteroatoms. The maximum atomic E-state index is 14.9. The van der Waals surface area contributed by atoms with Crippen molar-refractivity contribution in [3.8, 4) is 11.1 Å². The van der Waals surface area contributed by atoms with Crippen LogP contribution in [0.5, 0.6) is 0 Å². The quantitative estimate of drug-likeness (QED) is 0.550. The summed E-state index contributed by atoms with van der Waals surface area (Å²) in [5, 5.41) is 16.4. The van der Waals surface area contributed by atoms with Crippen LogP contribution in [-0.4, -0.2) is 40.1 Å². The van der Waals surface area contributed by atoms with Crippen molar-refractivity contribution in [3.63, 3.8) is 0 Å².